The topological polar surface area (TPSA) is 21.7 Å². The summed E-state index contributed by atoms with van der Waals surface area (Å²) < 4.78 is 24.0. The second kappa shape index (κ2) is 6.26. The summed E-state index contributed by atoms with van der Waals surface area (Å²) >= 11 is 0. The van der Waals surface area contributed by atoms with E-state index in [0.717, 1.165) is 48.7 Å². The second-order valence-electron chi connectivity index (χ2n) is 5.42. The van der Waals surface area contributed by atoms with E-state index in [-0.39, 0.29) is 5.82 Å². The fourth-order valence-electron chi connectivity index (χ4n) is 2.96. The van der Waals surface area contributed by atoms with Crippen LogP contribution in [0.1, 0.15) is 18.4 Å². The van der Waals surface area contributed by atoms with E-state index in [1.54, 1.807) is 14.2 Å². The molecule has 3 nitrogen and oxygen atoms in total. The van der Waals surface area contributed by atoms with Crippen LogP contribution in [-0.4, -0.2) is 20.8 Å². The number of ether oxygens (including phenoxy) is 2. The van der Waals surface area contributed by atoms with Crippen molar-refractivity contribution in [1.29, 1.82) is 0 Å². The molecule has 2 aromatic carbocycles. The van der Waals surface area contributed by atoms with Gasteiger partial charge < -0.3 is 14.4 Å². The summed E-state index contributed by atoms with van der Waals surface area (Å²) in [7, 11) is 3.29. The number of hydrogen-bond donors (Lipinski definition) is 0. The van der Waals surface area contributed by atoms with Gasteiger partial charge in [0.2, 0.25) is 0 Å². The largest absolute Gasteiger partial charge is 0.493 e. The normalized spacial score (nSPS) is 14.2. The molecule has 1 aliphatic heterocycles. The summed E-state index contributed by atoms with van der Waals surface area (Å²) in [6.45, 7) is 0.911. The summed E-state index contributed by atoms with van der Waals surface area (Å²) in [6, 6.07) is 10.7. The van der Waals surface area contributed by atoms with Gasteiger partial charge in [0.25, 0.3) is 0 Å². The molecule has 116 valence electrons. The minimum Gasteiger partial charge on any atom is -0.493 e. The number of halogens is 1. The third-order valence-corrected chi connectivity index (χ3v) is 4.09. The van der Waals surface area contributed by atoms with Crippen molar-refractivity contribution < 1.29 is 13.9 Å². The van der Waals surface area contributed by atoms with E-state index in [0.29, 0.717) is 0 Å². The highest BCUT2D eigenvalue weighted by Gasteiger charge is 2.20. The van der Waals surface area contributed by atoms with Crippen molar-refractivity contribution in [2.24, 2.45) is 0 Å². The molecule has 3 rings (SSSR count). The van der Waals surface area contributed by atoms with E-state index < -0.39 is 0 Å². The first kappa shape index (κ1) is 14.7. The molecule has 2 aromatic rings. The van der Waals surface area contributed by atoms with Gasteiger partial charge in [-0.05, 0) is 55.2 Å². The first-order chi connectivity index (χ1) is 10.7. The molecule has 0 fully saturated rings. The number of rotatable bonds is 3. The summed E-state index contributed by atoms with van der Waals surface area (Å²) in [5, 5.41) is 0. The van der Waals surface area contributed by atoms with E-state index in [2.05, 4.69) is 11.0 Å². The van der Waals surface area contributed by atoms with Crippen molar-refractivity contribution in [3.63, 3.8) is 0 Å². The SMILES string of the molecule is COc1cc2c(cc1OC)N(c1ccc(F)cc1)CCCC2. The van der Waals surface area contributed by atoms with Gasteiger partial charge in [0.05, 0.1) is 14.2 Å². The van der Waals surface area contributed by atoms with E-state index in [1.807, 2.05) is 18.2 Å². The summed E-state index contributed by atoms with van der Waals surface area (Å²) in [5.74, 6) is 1.25. The molecule has 0 radical (unpaired) electrons. The molecule has 1 heterocycles. The van der Waals surface area contributed by atoms with Gasteiger partial charge in [0, 0.05) is 24.0 Å². The van der Waals surface area contributed by atoms with Gasteiger partial charge in [-0.3, -0.25) is 0 Å². The predicted octanol–water partition coefficient (Wildman–Crippen LogP) is 4.32. The Morgan fingerprint density at radius 2 is 1.64 bits per heavy atom. The molecule has 0 spiro atoms. The van der Waals surface area contributed by atoms with E-state index >= 15 is 0 Å². The Kier molecular flexibility index (Phi) is 4.18. The van der Waals surface area contributed by atoms with Crippen LogP contribution < -0.4 is 14.4 Å². The third-order valence-electron chi connectivity index (χ3n) is 4.09. The maximum absolute atomic E-state index is 13.2. The van der Waals surface area contributed by atoms with Crippen LogP contribution in [0.15, 0.2) is 36.4 Å². The Labute approximate surface area is 130 Å². The van der Waals surface area contributed by atoms with Gasteiger partial charge >= 0.3 is 0 Å². The lowest BCUT2D eigenvalue weighted by Gasteiger charge is -2.26. The molecule has 4 heteroatoms. The van der Waals surface area contributed by atoms with E-state index in [4.69, 9.17) is 9.47 Å². The zero-order valence-electron chi connectivity index (χ0n) is 12.9. The zero-order valence-corrected chi connectivity index (χ0v) is 12.9. The highest BCUT2D eigenvalue weighted by atomic mass is 19.1. The molecule has 0 aromatic heterocycles. The minimum atomic E-state index is -0.217. The Hall–Kier alpha value is -2.23. The average Bonchev–Trinajstić information content (AvgIpc) is 2.76. The Bertz CT molecular complexity index is 655. The van der Waals surface area contributed by atoms with Crippen LogP contribution in [0.3, 0.4) is 0 Å². The Morgan fingerprint density at radius 3 is 2.32 bits per heavy atom. The number of nitrogens with zero attached hydrogens (tertiary/aromatic N) is 1. The molecule has 22 heavy (non-hydrogen) atoms. The first-order valence-electron chi connectivity index (χ1n) is 7.51. The number of anilines is 2. The minimum absolute atomic E-state index is 0.217. The van der Waals surface area contributed by atoms with Gasteiger partial charge in [0.1, 0.15) is 5.82 Å². The van der Waals surface area contributed by atoms with Gasteiger partial charge in [-0.25, -0.2) is 4.39 Å². The predicted molar refractivity (Wildman–Crippen MR) is 85.9 cm³/mol. The molecule has 0 bridgehead atoms. The summed E-state index contributed by atoms with van der Waals surface area (Å²) in [4.78, 5) is 2.23. The maximum atomic E-state index is 13.2. The zero-order chi connectivity index (χ0) is 15.5. The number of hydrogen-bond acceptors (Lipinski definition) is 3. The summed E-state index contributed by atoms with van der Waals surface area (Å²) in [6.07, 6.45) is 3.23. The van der Waals surface area contributed by atoms with E-state index in [1.165, 1.54) is 17.7 Å². The van der Waals surface area contributed by atoms with Crippen molar-refractivity contribution in [2.75, 3.05) is 25.7 Å². The highest BCUT2D eigenvalue weighted by Crippen LogP contribution is 2.40. The smallest absolute Gasteiger partial charge is 0.162 e. The molecule has 0 unspecified atom stereocenters. The molecule has 0 N–H and O–H groups in total. The fraction of sp³-hybridized carbons (Fsp3) is 0.333. The molecular weight excluding hydrogens is 281 g/mol. The molecule has 0 saturated carbocycles. The molecule has 0 amide bonds. The van der Waals surface area contributed by atoms with Crippen LogP contribution in [0.25, 0.3) is 0 Å². The quantitative estimate of drug-likeness (QED) is 0.843. The number of benzene rings is 2. The highest BCUT2D eigenvalue weighted by molar-refractivity contribution is 5.70. The first-order valence-corrected chi connectivity index (χ1v) is 7.51. The number of methoxy groups -OCH3 is 2. The monoisotopic (exact) mass is 301 g/mol. The second-order valence-corrected chi connectivity index (χ2v) is 5.42. The van der Waals surface area contributed by atoms with Crippen LogP contribution >= 0.6 is 0 Å². The maximum Gasteiger partial charge on any atom is 0.162 e. The average molecular weight is 301 g/mol. The van der Waals surface area contributed by atoms with Gasteiger partial charge in [0.15, 0.2) is 11.5 Å². The summed E-state index contributed by atoms with van der Waals surface area (Å²) in [5.41, 5.74) is 3.35. The number of aryl methyl sites for hydroxylation is 1. The lowest BCUT2D eigenvalue weighted by atomic mass is 10.1. The van der Waals surface area contributed by atoms with Crippen molar-refractivity contribution in [3.8, 4) is 11.5 Å². The van der Waals surface area contributed by atoms with Crippen LogP contribution in [0.5, 0.6) is 11.5 Å². The van der Waals surface area contributed by atoms with Gasteiger partial charge in [-0.15, -0.1) is 0 Å². The molecule has 1 aliphatic rings. The van der Waals surface area contributed by atoms with Crippen molar-refractivity contribution in [2.45, 2.75) is 19.3 Å². The lowest BCUT2D eigenvalue weighted by Crippen LogP contribution is -2.18. The van der Waals surface area contributed by atoms with Crippen LogP contribution in [0.4, 0.5) is 15.8 Å². The Morgan fingerprint density at radius 1 is 0.955 bits per heavy atom. The van der Waals surface area contributed by atoms with E-state index in [9.17, 15) is 4.39 Å². The Balaban J connectivity index is 2.09. The lowest BCUT2D eigenvalue weighted by molar-refractivity contribution is 0.354. The van der Waals surface area contributed by atoms with Crippen LogP contribution in [-0.2, 0) is 6.42 Å². The van der Waals surface area contributed by atoms with Crippen LogP contribution in [0.2, 0.25) is 0 Å². The van der Waals surface area contributed by atoms with Crippen molar-refractivity contribution in [1.82, 2.24) is 0 Å². The fourth-order valence-corrected chi connectivity index (χ4v) is 2.96. The van der Waals surface area contributed by atoms with Crippen molar-refractivity contribution >= 4 is 11.4 Å². The standard InChI is InChI=1S/C18H20FNO2/c1-21-17-11-13-5-3-4-10-20(16(13)12-18(17)22-2)15-8-6-14(19)7-9-15/h6-9,11-12H,3-5,10H2,1-2H3. The molecular formula is C18H20FNO2. The third kappa shape index (κ3) is 2.73. The number of fused-ring (bicyclic) bond motifs is 1. The van der Waals surface area contributed by atoms with Gasteiger partial charge in [-0.1, -0.05) is 0 Å². The molecule has 0 saturated heterocycles. The van der Waals surface area contributed by atoms with Gasteiger partial charge in [-0.2, -0.15) is 0 Å². The van der Waals surface area contributed by atoms with Crippen LogP contribution in [0, 0.1) is 5.82 Å². The van der Waals surface area contributed by atoms with Crippen molar-refractivity contribution in [3.05, 3.63) is 47.8 Å². The molecule has 0 aliphatic carbocycles. The molecule has 0 atom stereocenters.